The summed E-state index contributed by atoms with van der Waals surface area (Å²) in [5, 5.41) is 16.3. The molecule has 4 aromatic rings. The van der Waals surface area contributed by atoms with E-state index in [9.17, 15) is 13.2 Å². The molecule has 0 aliphatic heterocycles. The number of sulfonamides is 1. The lowest BCUT2D eigenvalue weighted by atomic mass is 10.1. The summed E-state index contributed by atoms with van der Waals surface area (Å²) in [5.41, 5.74) is 3.78. The van der Waals surface area contributed by atoms with Crippen molar-refractivity contribution in [2.45, 2.75) is 25.7 Å². The van der Waals surface area contributed by atoms with Crippen molar-refractivity contribution < 1.29 is 18.4 Å². The Kier molecular flexibility index (Phi) is 7.07. The number of anilines is 2. The third kappa shape index (κ3) is 4.94. The van der Waals surface area contributed by atoms with E-state index in [1.54, 1.807) is 67.6 Å². The van der Waals surface area contributed by atoms with Crippen molar-refractivity contribution >= 4 is 43.8 Å². The van der Waals surface area contributed by atoms with Crippen LogP contribution in [-0.4, -0.2) is 31.8 Å². The number of amides is 1. The van der Waals surface area contributed by atoms with Crippen LogP contribution in [-0.2, 0) is 14.8 Å². The fraction of sp³-hybridized carbons (Fsp3) is 0.143. The molecule has 0 saturated heterocycles. The van der Waals surface area contributed by atoms with Crippen molar-refractivity contribution in [3.63, 3.8) is 0 Å². The van der Waals surface area contributed by atoms with Crippen LogP contribution in [0.25, 0.3) is 10.8 Å². The van der Waals surface area contributed by atoms with E-state index in [1.165, 1.54) is 4.31 Å². The summed E-state index contributed by atoms with van der Waals surface area (Å²) in [6.07, 6.45) is 0. The van der Waals surface area contributed by atoms with E-state index in [0.29, 0.717) is 28.0 Å². The maximum absolute atomic E-state index is 14.1. The summed E-state index contributed by atoms with van der Waals surface area (Å²) >= 11 is 0. The molecular weight excluding hydrogens is 474 g/mol. The molecule has 0 atom stereocenters. The maximum atomic E-state index is 14.1. The maximum Gasteiger partial charge on any atom is 0.265 e. The van der Waals surface area contributed by atoms with Crippen LogP contribution in [0.4, 0.5) is 11.4 Å². The van der Waals surface area contributed by atoms with Gasteiger partial charge in [-0.25, -0.2) is 8.42 Å². The minimum absolute atomic E-state index is 0.137. The number of fused-ring (bicyclic) bond motifs is 1. The fourth-order valence-corrected chi connectivity index (χ4v) is 5.72. The van der Waals surface area contributed by atoms with E-state index in [-0.39, 0.29) is 4.90 Å². The Hall–Kier alpha value is -4.17. The number of hydrogen-bond acceptors (Lipinski definition) is 5. The lowest BCUT2D eigenvalue weighted by Crippen LogP contribution is -2.38. The fourth-order valence-electron chi connectivity index (χ4n) is 4.03. The van der Waals surface area contributed by atoms with Gasteiger partial charge in [-0.1, -0.05) is 65.8 Å². The number of nitrogens with one attached hydrogen (secondary N) is 1. The first-order valence-electron chi connectivity index (χ1n) is 11.4. The Labute approximate surface area is 210 Å². The van der Waals surface area contributed by atoms with Gasteiger partial charge in [0.05, 0.1) is 16.3 Å². The molecule has 0 radical (unpaired) electrons. The van der Waals surface area contributed by atoms with Gasteiger partial charge in [0, 0.05) is 11.1 Å². The molecule has 0 heterocycles. The zero-order valence-electron chi connectivity index (χ0n) is 20.3. The summed E-state index contributed by atoms with van der Waals surface area (Å²) in [5.74, 6) is -0.486. The van der Waals surface area contributed by atoms with E-state index in [1.807, 2.05) is 38.1 Å². The van der Waals surface area contributed by atoms with E-state index in [2.05, 4.69) is 10.5 Å². The molecule has 36 heavy (non-hydrogen) atoms. The lowest BCUT2D eigenvalue weighted by Gasteiger charge is -2.27. The molecular formula is C28H27N3O4S. The lowest BCUT2D eigenvalue weighted by molar-refractivity contribution is -0.114. The standard InChI is InChI=1S/C28H27N3O4S/c1-19-8-6-12-26(20(19)2)31(18-28(32)29-24-16-14-22(15-17-24)21(3)30-33)36(34,35)27-13-7-10-23-9-4-5-11-25(23)27/h4-17,33H,18H2,1-3H3,(H,29,32). The van der Waals surface area contributed by atoms with Crippen molar-refractivity contribution in [3.05, 3.63) is 102 Å². The second kappa shape index (κ2) is 10.2. The molecule has 4 aromatic carbocycles. The van der Waals surface area contributed by atoms with E-state index >= 15 is 0 Å². The Morgan fingerprint density at radius 1 is 0.917 bits per heavy atom. The molecule has 0 unspecified atom stereocenters. The van der Waals surface area contributed by atoms with Crippen molar-refractivity contribution in [2.24, 2.45) is 5.16 Å². The minimum Gasteiger partial charge on any atom is -0.411 e. The van der Waals surface area contributed by atoms with Crippen LogP contribution in [0.1, 0.15) is 23.6 Å². The minimum atomic E-state index is -4.10. The second-order valence-electron chi connectivity index (χ2n) is 8.52. The van der Waals surface area contributed by atoms with Gasteiger partial charge in [-0.3, -0.25) is 9.10 Å². The normalized spacial score (nSPS) is 11.9. The number of nitrogens with zero attached hydrogens (tertiary/aromatic N) is 2. The molecule has 0 aromatic heterocycles. The topological polar surface area (TPSA) is 99.1 Å². The van der Waals surface area contributed by atoms with Crippen molar-refractivity contribution in [3.8, 4) is 0 Å². The quantitative estimate of drug-likeness (QED) is 0.199. The number of carbonyl (C=O) groups is 1. The van der Waals surface area contributed by atoms with Crippen molar-refractivity contribution in [2.75, 3.05) is 16.2 Å². The van der Waals surface area contributed by atoms with Gasteiger partial charge in [0.15, 0.2) is 0 Å². The third-order valence-corrected chi connectivity index (χ3v) is 8.00. The molecule has 2 N–H and O–H groups in total. The Morgan fingerprint density at radius 3 is 2.31 bits per heavy atom. The predicted octanol–water partition coefficient (Wildman–Crippen LogP) is 5.49. The SMILES string of the molecule is CC(=NO)c1ccc(NC(=O)CN(c2cccc(C)c2C)S(=O)(=O)c2cccc3ccccc23)cc1. The van der Waals surface area contributed by atoms with Crippen LogP contribution >= 0.6 is 0 Å². The summed E-state index contributed by atoms with van der Waals surface area (Å²) in [4.78, 5) is 13.3. The van der Waals surface area contributed by atoms with Gasteiger partial charge < -0.3 is 10.5 Å². The first-order chi connectivity index (χ1) is 17.2. The third-order valence-electron chi connectivity index (χ3n) is 6.19. The van der Waals surface area contributed by atoms with Crippen LogP contribution in [0.2, 0.25) is 0 Å². The number of benzene rings is 4. The Balaban J connectivity index is 1.73. The van der Waals surface area contributed by atoms with Gasteiger partial charge in [0.1, 0.15) is 6.54 Å². The predicted molar refractivity (Wildman–Crippen MR) is 143 cm³/mol. The highest BCUT2D eigenvalue weighted by Gasteiger charge is 2.30. The van der Waals surface area contributed by atoms with Gasteiger partial charge in [-0.05, 0) is 67.1 Å². The average Bonchev–Trinajstić information content (AvgIpc) is 2.88. The van der Waals surface area contributed by atoms with Crippen LogP contribution in [0.3, 0.4) is 0 Å². The largest absolute Gasteiger partial charge is 0.411 e. The van der Waals surface area contributed by atoms with Gasteiger partial charge >= 0.3 is 0 Å². The second-order valence-corrected chi connectivity index (χ2v) is 10.3. The number of hydrogen-bond donors (Lipinski definition) is 2. The number of rotatable bonds is 7. The van der Waals surface area contributed by atoms with Crippen LogP contribution in [0.15, 0.2) is 95.0 Å². The van der Waals surface area contributed by atoms with Gasteiger partial charge in [-0.15, -0.1) is 0 Å². The number of aryl methyl sites for hydroxylation is 1. The molecule has 7 nitrogen and oxygen atoms in total. The first-order valence-corrected chi connectivity index (χ1v) is 12.8. The number of carbonyl (C=O) groups excluding carboxylic acids is 1. The van der Waals surface area contributed by atoms with Crippen LogP contribution in [0.5, 0.6) is 0 Å². The molecule has 184 valence electrons. The molecule has 0 saturated carbocycles. The zero-order chi connectivity index (χ0) is 25.9. The zero-order valence-corrected chi connectivity index (χ0v) is 21.1. The summed E-state index contributed by atoms with van der Waals surface area (Å²) in [6.45, 7) is 5.00. The molecule has 4 rings (SSSR count). The van der Waals surface area contributed by atoms with Crippen LogP contribution in [0, 0.1) is 13.8 Å². The van der Waals surface area contributed by atoms with Gasteiger partial charge in [-0.2, -0.15) is 0 Å². The van der Waals surface area contributed by atoms with E-state index < -0.39 is 22.5 Å². The Morgan fingerprint density at radius 2 is 1.58 bits per heavy atom. The van der Waals surface area contributed by atoms with Gasteiger partial charge in [0.25, 0.3) is 10.0 Å². The summed E-state index contributed by atoms with van der Waals surface area (Å²) in [7, 11) is -4.10. The molecule has 0 aliphatic carbocycles. The van der Waals surface area contributed by atoms with Crippen molar-refractivity contribution in [1.82, 2.24) is 0 Å². The van der Waals surface area contributed by atoms with Crippen molar-refractivity contribution in [1.29, 1.82) is 0 Å². The molecule has 0 spiro atoms. The summed E-state index contributed by atoms with van der Waals surface area (Å²) < 4.78 is 29.3. The molecule has 0 aliphatic rings. The van der Waals surface area contributed by atoms with E-state index in [0.717, 1.165) is 16.5 Å². The summed E-state index contributed by atoms with van der Waals surface area (Å²) in [6, 6.07) is 24.6. The Bertz CT molecular complexity index is 1560. The highest BCUT2D eigenvalue weighted by Crippen LogP contribution is 2.32. The molecule has 0 bridgehead atoms. The smallest absolute Gasteiger partial charge is 0.265 e. The van der Waals surface area contributed by atoms with Crippen LogP contribution < -0.4 is 9.62 Å². The highest BCUT2D eigenvalue weighted by atomic mass is 32.2. The highest BCUT2D eigenvalue weighted by molar-refractivity contribution is 7.93. The number of oxime groups is 1. The monoisotopic (exact) mass is 501 g/mol. The first kappa shape index (κ1) is 24.9. The molecule has 0 fully saturated rings. The van der Waals surface area contributed by atoms with E-state index in [4.69, 9.17) is 5.21 Å². The molecule has 8 heteroatoms. The molecule has 1 amide bonds. The average molecular weight is 502 g/mol. The van der Waals surface area contributed by atoms with Gasteiger partial charge in [0.2, 0.25) is 5.91 Å².